The zero-order valence-corrected chi connectivity index (χ0v) is 12.7. The number of carboxylic acid groups (broad SMARTS) is 1. The Bertz CT molecular complexity index is 530. The Morgan fingerprint density at radius 3 is 2.38 bits per heavy atom. The summed E-state index contributed by atoms with van der Waals surface area (Å²) in [6.07, 6.45) is 0.290. The Morgan fingerprint density at radius 1 is 1.33 bits per heavy atom. The number of nitrogens with zero attached hydrogens (tertiary/aromatic N) is 1. The molecule has 1 rings (SSSR count). The molecule has 0 aliphatic carbocycles. The molecule has 21 heavy (non-hydrogen) atoms. The van der Waals surface area contributed by atoms with Gasteiger partial charge in [0.25, 0.3) is 5.91 Å². The van der Waals surface area contributed by atoms with Gasteiger partial charge in [-0.15, -0.1) is 0 Å². The van der Waals surface area contributed by atoms with E-state index in [-0.39, 0.29) is 11.5 Å². The zero-order chi connectivity index (χ0) is 16.2. The molecule has 0 radical (unpaired) electrons. The number of halogens is 1. The lowest BCUT2D eigenvalue weighted by atomic mass is 10.0. The summed E-state index contributed by atoms with van der Waals surface area (Å²) in [4.78, 5) is 24.8. The van der Waals surface area contributed by atoms with E-state index in [2.05, 4.69) is 5.32 Å². The highest BCUT2D eigenvalue weighted by Crippen LogP contribution is 2.17. The minimum atomic E-state index is -1.12. The number of benzene rings is 1. The summed E-state index contributed by atoms with van der Waals surface area (Å²) < 4.78 is 13.9. The van der Waals surface area contributed by atoms with Gasteiger partial charge in [0.15, 0.2) is 0 Å². The SMILES string of the molecule is CC(C)CC(NC(=O)c1ccc(N(C)C)cc1F)C(=O)O. The number of nitrogens with one attached hydrogen (secondary N) is 1. The Labute approximate surface area is 123 Å². The van der Waals surface area contributed by atoms with Crippen LogP contribution in [0.2, 0.25) is 0 Å². The fourth-order valence-corrected chi connectivity index (χ4v) is 1.90. The van der Waals surface area contributed by atoms with Crippen LogP contribution in [0.5, 0.6) is 0 Å². The lowest BCUT2D eigenvalue weighted by Gasteiger charge is -2.17. The van der Waals surface area contributed by atoms with Crippen LogP contribution in [-0.2, 0) is 4.79 Å². The van der Waals surface area contributed by atoms with Crippen molar-refractivity contribution in [2.45, 2.75) is 26.3 Å². The van der Waals surface area contributed by atoms with Gasteiger partial charge in [-0.1, -0.05) is 13.8 Å². The van der Waals surface area contributed by atoms with Crippen LogP contribution in [0.1, 0.15) is 30.6 Å². The monoisotopic (exact) mass is 296 g/mol. The third kappa shape index (κ3) is 4.73. The molecule has 1 amide bonds. The Hall–Kier alpha value is -2.11. The average molecular weight is 296 g/mol. The number of anilines is 1. The first-order chi connectivity index (χ1) is 9.72. The lowest BCUT2D eigenvalue weighted by Crippen LogP contribution is -2.41. The predicted octanol–water partition coefficient (Wildman–Crippen LogP) is 2.12. The van der Waals surface area contributed by atoms with Gasteiger partial charge in [0.05, 0.1) is 5.56 Å². The van der Waals surface area contributed by atoms with Gasteiger partial charge in [-0.3, -0.25) is 4.79 Å². The molecule has 0 aromatic heterocycles. The number of rotatable bonds is 6. The maximum atomic E-state index is 13.9. The molecule has 0 bridgehead atoms. The highest BCUT2D eigenvalue weighted by atomic mass is 19.1. The van der Waals surface area contributed by atoms with Crippen LogP contribution in [0, 0.1) is 11.7 Å². The Morgan fingerprint density at radius 2 is 1.95 bits per heavy atom. The van der Waals surface area contributed by atoms with Crippen LogP contribution in [-0.4, -0.2) is 37.1 Å². The molecule has 2 N–H and O–H groups in total. The molecule has 1 aromatic carbocycles. The maximum Gasteiger partial charge on any atom is 0.326 e. The van der Waals surface area contributed by atoms with Crippen LogP contribution >= 0.6 is 0 Å². The third-order valence-electron chi connectivity index (χ3n) is 3.02. The Balaban J connectivity index is 2.90. The third-order valence-corrected chi connectivity index (χ3v) is 3.02. The fraction of sp³-hybridized carbons (Fsp3) is 0.467. The molecule has 0 fully saturated rings. The smallest absolute Gasteiger partial charge is 0.326 e. The summed E-state index contributed by atoms with van der Waals surface area (Å²) in [5, 5.41) is 11.5. The Kier molecular flexibility index (Phi) is 5.69. The zero-order valence-electron chi connectivity index (χ0n) is 12.7. The van der Waals surface area contributed by atoms with E-state index < -0.39 is 23.7 Å². The number of carbonyl (C=O) groups excluding carboxylic acids is 1. The molecule has 0 saturated heterocycles. The first kappa shape index (κ1) is 16.9. The van der Waals surface area contributed by atoms with E-state index in [0.717, 1.165) is 0 Å². The summed E-state index contributed by atoms with van der Waals surface area (Å²) in [7, 11) is 3.52. The quantitative estimate of drug-likeness (QED) is 0.843. The summed E-state index contributed by atoms with van der Waals surface area (Å²) in [5.74, 6) is -2.41. The molecule has 0 aliphatic rings. The molecule has 1 atom stereocenters. The molecular formula is C15H21FN2O3. The number of hydrogen-bond donors (Lipinski definition) is 2. The molecular weight excluding hydrogens is 275 g/mol. The molecule has 0 saturated carbocycles. The van der Waals surface area contributed by atoms with Gasteiger partial charge in [-0.25, -0.2) is 9.18 Å². The van der Waals surface area contributed by atoms with E-state index in [1.165, 1.54) is 12.1 Å². The average Bonchev–Trinajstić information content (AvgIpc) is 2.36. The standard InChI is InChI=1S/C15H21FN2O3/c1-9(2)7-13(15(20)21)17-14(19)11-6-5-10(18(3)4)8-12(11)16/h5-6,8-9,13H,7H2,1-4H3,(H,17,19)(H,20,21). The minimum absolute atomic E-state index is 0.104. The van der Waals surface area contributed by atoms with Crippen LogP contribution in [0.15, 0.2) is 18.2 Å². The van der Waals surface area contributed by atoms with Crippen molar-refractivity contribution in [3.05, 3.63) is 29.6 Å². The van der Waals surface area contributed by atoms with E-state index in [4.69, 9.17) is 5.11 Å². The number of carboxylic acids is 1. The van der Waals surface area contributed by atoms with E-state index in [1.54, 1.807) is 25.1 Å². The summed E-state index contributed by atoms with van der Waals surface area (Å²) in [6.45, 7) is 3.71. The van der Waals surface area contributed by atoms with Crippen LogP contribution in [0.3, 0.4) is 0 Å². The van der Waals surface area contributed by atoms with Gasteiger partial charge >= 0.3 is 5.97 Å². The van der Waals surface area contributed by atoms with Crippen molar-refractivity contribution >= 4 is 17.6 Å². The molecule has 1 aromatic rings. The maximum absolute atomic E-state index is 13.9. The van der Waals surface area contributed by atoms with Crippen molar-refractivity contribution in [2.24, 2.45) is 5.92 Å². The second-order valence-corrected chi connectivity index (χ2v) is 5.55. The van der Waals surface area contributed by atoms with Crippen molar-refractivity contribution in [1.82, 2.24) is 5.32 Å². The lowest BCUT2D eigenvalue weighted by molar-refractivity contribution is -0.139. The number of aliphatic carboxylic acids is 1. The number of carbonyl (C=O) groups is 2. The largest absolute Gasteiger partial charge is 0.480 e. The van der Waals surface area contributed by atoms with Crippen molar-refractivity contribution in [1.29, 1.82) is 0 Å². The van der Waals surface area contributed by atoms with Gasteiger partial charge in [0, 0.05) is 19.8 Å². The fourth-order valence-electron chi connectivity index (χ4n) is 1.90. The topological polar surface area (TPSA) is 69.6 Å². The second-order valence-electron chi connectivity index (χ2n) is 5.55. The summed E-state index contributed by atoms with van der Waals surface area (Å²) >= 11 is 0. The first-order valence-electron chi connectivity index (χ1n) is 6.73. The molecule has 6 heteroatoms. The van der Waals surface area contributed by atoms with Crippen molar-refractivity contribution in [3.8, 4) is 0 Å². The molecule has 116 valence electrons. The second kappa shape index (κ2) is 7.06. The van der Waals surface area contributed by atoms with Crippen LogP contribution < -0.4 is 10.2 Å². The van der Waals surface area contributed by atoms with Gasteiger partial charge in [-0.2, -0.15) is 0 Å². The van der Waals surface area contributed by atoms with Crippen LogP contribution in [0.25, 0.3) is 0 Å². The highest BCUT2D eigenvalue weighted by molar-refractivity contribution is 5.97. The molecule has 0 spiro atoms. The van der Waals surface area contributed by atoms with Gasteiger partial charge in [0.1, 0.15) is 11.9 Å². The summed E-state index contributed by atoms with van der Waals surface area (Å²) in [6, 6.07) is 3.18. The van der Waals surface area contributed by atoms with Crippen molar-refractivity contribution < 1.29 is 19.1 Å². The predicted molar refractivity (Wildman–Crippen MR) is 79.1 cm³/mol. The normalized spacial score (nSPS) is 12.1. The van der Waals surface area contributed by atoms with Crippen LogP contribution in [0.4, 0.5) is 10.1 Å². The summed E-state index contributed by atoms with van der Waals surface area (Å²) in [5.41, 5.74) is 0.469. The minimum Gasteiger partial charge on any atom is -0.480 e. The van der Waals surface area contributed by atoms with E-state index in [1.807, 2.05) is 13.8 Å². The van der Waals surface area contributed by atoms with Crippen molar-refractivity contribution in [3.63, 3.8) is 0 Å². The van der Waals surface area contributed by atoms with Crippen molar-refractivity contribution in [2.75, 3.05) is 19.0 Å². The number of hydrogen-bond acceptors (Lipinski definition) is 3. The van der Waals surface area contributed by atoms with Gasteiger partial charge in [-0.05, 0) is 30.5 Å². The van der Waals surface area contributed by atoms with Gasteiger partial charge < -0.3 is 15.3 Å². The molecule has 0 aliphatic heterocycles. The van der Waals surface area contributed by atoms with E-state index in [9.17, 15) is 14.0 Å². The molecule has 0 heterocycles. The van der Waals surface area contributed by atoms with E-state index in [0.29, 0.717) is 12.1 Å². The number of amides is 1. The first-order valence-corrected chi connectivity index (χ1v) is 6.73. The molecule has 1 unspecified atom stereocenters. The van der Waals surface area contributed by atoms with Gasteiger partial charge in [0.2, 0.25) is 0 Å². The van der Waals surface area contributed by atoms with E-state index >= 15 is 0 Å². The highest BCUT2D eigenvalue weighted by Gasteiger charge is 2.23. The molecule has 5 nitrogen and oxygen atoms in total.